The fraction of sp³-hybridized carbons (Fsp3) is 0.423. The first-order valence-corrected chi connectivity index (χ1v) is 11.5. The van der Waals surface area contributed by atoms with Crippen molar-refractivity contribution in [3.63, 3.8) is 0 Å². The summed E-state index contributed by atoms with van der Waals surface area (Å²) in [4.78, 5) is 7.62. The van der Waals surface area contributed by atoms with Gasteiger partial charge in [0.15, 0.2) is 11.5 Å². The van der Waals surface area contributed by atoms with Gasteiger partial charge in [-0.1, -0.05) is 31.7 Å². The molecule has 1 saturated carbocycles. The minimum absolute atomic E-state index is 0. The summed E-state index contributed by atoms with van der Waals surface area (Å²) in [5.74, 6) is 1.54. The van der Waals surface area contributed by atoms with Gasteiger partial charge in [0.1, 0.15) is 5.69 Å². The Labute approximate surface area is 188 Å². The lowest BCUT2D eigenvalue weighted by atomic mass is 10.1. The fourth-order valence-electron chi connectivity index (χ4n) is 5.52. The van der Waals surface area contributed by atoms with Crippen LogP contribution in [0.3, 0.4) is 0 Å². The summed E-state index contributed by atoms with van der Waals surface area (Å²) >= 11 is 0. The number of fused-ring (bicyclic) bond motifs is 4. The lowest BCUT2D eigenvalue weighted by molar-refractivity contribution is 0.170. The van der Waals surface area contributed by atoms with E-state index in [2.05, 4.69) is 80.4 Å². The maximum absolute atomic E-state index is 4.98. The van der Waals surface area contributed by atoms with E-state index in [0.29, 0.717) is 18.1 Å². The molecule has 2 bridgehead atoms. The standard InChI is InChI=1S/C25H26N6.CH4/c1-15(30-14-20-11-21(30)12-26-20)19-7-9-24-28-29-25(31(24)13-19)22-8-6-17-4-5-18(16-2-3-16)10-23(17)27-22;/h4-10,13,15-16,20-21,26H,2-3,11-12,14H2,1H3;1H4/t15-,20+,21+;/m1./s1. The predicted molar refractivity (Wildman–Crippen MR) is 128 cm³/mol. The minimum Gasteiger partial charge on any atom is -0.311 e. The first-order valence-electron chi connectivity index (χ1n) is 11.5. The Balaban J connectivity index is 0.00000196. The number of benzene rings is 1. The van der Waals surface area contributed by atoms with Crippen LogP contribution in [0.15, 0.2) is 48.7 Å². The Morgan fingerprint density at radius 3 is 2.72 bits per heavy atom. The Morgan fingerprint density at radius 1 is 1.06 bits per heavy atom. The van der Waals surface area contributed by atoms with E-state index in [-0.39, 0.29) is 7.43 Å². The summed E-state index contributed by atoms with van der Waals surface area (Å²) in [7, 11) is 0. The molecule has 6 heteroatoms. The molecule has 3 fully saturated rings. The molecule has 32 heavy (non-hydrogen) atoms. The van der Waals surface area contributed by atoms with E-state index in [1.807, 2.05) is 0 Å². The van der Waals surface area contributed by atoms with Crippen molar-refractivity contribution in [3.05, 3.63) is 59.8 Å². The summed E-state index contributed by atoms with van der Waals surface area (Å²) in [5.41, 5.74) is 5.50. The molecule has 2 aliphatic heterocycles. The molecule has 3 aromatic heterocycles. The third-order valence-corrected chi connectivity index (χ3v) is 7.50. The zero-order valence-corrected chi connectivity index (χ0v) is 17.7. The molecule has 1 aliphatic carbocycles. The normalized spacial score (nSPS) is 23.7. The highest BCUT2D eigenvalue weighted by Crippen LogP contribution is 2.41. The fourth-order valence-corrected chi connectivity index (χ4v) is 5.52. The lowest BCUT2D eigenvalue weighted by Gasteiger charge is -2.33. The van der Waals surface area contributed by atoms with Gasteiger partial charge in [-0.25, -0.2) is 4.98 Å². The average molecular weight is 427 g/mol. The van der Waals surface area contributed by atoms with Gasteiger partial charge in [0.05, 0.1) is 5.52 Å². The van der Waals surface area contributed by atoms with Crippen LogP contribution in [0.4, 0.5) is 0 Å². The van der Waals surface area contributed by atoms with Gasteiger partial charge in [0.2, 0.25) is 0 Å². The molecule has 1 aromatic carbocycles. The van der Waals surface area contributed by atoms with E-state index >= 15 is 0 Å². The first kappa shape index (κ1) is 19.8. The van der Waals surface area contributed by atoms with Crippen molar-refractivity contribution in [3.8, 4) is 11.5 Å². The van der Waals surface area contributed by atoms with Gasteiger partial charge in [-0.05, 0) is 61.4 Å². The zero-order chi connectivity index (χ0) is 20.5. The van der Waals surface area contributed by atoms with Crippen LogP contribution in [0.1, 0.15) is 56.7 Å². The molecule has 5 heterocycles. The van der Waals surface area contributed by atoms with Gasteiger partial charge >= 0.3 is 0 Å². The van der Waals surface area contributed by atoms with Crippen molar-refractivity contribution in [2.45, 2.75) is 57.7 Å². The van der Waals surface area contributed by atoms with Crippen molar-refractivity contribution in [1.82, 2.24) is 29.8 Å². The number of likely N-dealkylation sites (tertiary alicyclic amines) is 1. The highest BCUT2D eigenvalue weighted by Gasteiger charge is 2.40. The van der Waals surface area contributed by atoms with E-state index in [1.165, 1.54) is 35.8 Å². The Morgan fingerprint density at radius 2 is 1.94 bits per heavy atom. The van der Waals surface area contributed by atoms with Gasteiger partial charge in [-0.3, -0.25) is 9.30 Å². The van der Waals surface area contributed by atoms with Gasteiger partial charge < -0.3 is 5.32 Å². The number of aromatic nitrogens is 4. The molecule has 2 saturated heterocycles. The van der Waals surface area contributed by atoms with Crippen molar-refractivity contribution in [2.75, 3.05) is 13.1 Å². The van der Waals surface area contributed by atoms with Crippen molar-refractivity contribution in [1.29, 1.82) is 0 Å². The SMILES string of the molecule is C.C[C@H](c1ccc2nnc(-c3ccc4ccc(C5CC5)cc4n3)n2c1)N1C[C@@H]2C[C@H]1CN2. The van der Waals surface area contributed by atoms with Crippen LogP contribution in [0.2, 0.25) is 0 Å². The number of hydrogen-bond acceptors (Lipinski definition) is 5. The zero-order valence-electron chi connectivity index (χ0n) is 17.7. The van der Waals surface area contributed by atoms with Crippen LogP contribution in [0, 0.1) is 0 Å². The molecule has 6 nitrogen and oxygen atoms in total. The summed E-state index contributed by atoms with van der Waals surface area (Å²) < 4.78 is 2.11. The second kappa shape index (κ2) is 7.36. The predicted octanol–water partition coefficient (Wildman–Crippen LogP) is 4.57. The number of rotatable bonds is 4. The molecule has 0 radical (unpaired) electrons. The van der Waals surface area contributed by atoms with E-state index in [0.717, 1.165) is 41.7 Å². The van der Waals surface area contributed by atoms with Gasteiger partial charge in [0, 0.05) is 42.8 Å². The molecular formula is C26H30N6. The number of nitrogens with zero attached hydrogens (tertiary/aromatic N) is 5. The molecule has 1 N–H and O–H groups in total. The van der Waals surface area contributed by atoms with E-state index < -0.39 is 0 Å². The van der Waals surface area contributed by atoms with E-state index in [1.54, 1.807) is 0 Å². The number of piperazine rings is 1. The average Bonchev–Trinajstić information content (AvgIpc) is 3.23. The number of nitrogens with one attached hydrogen (secondary N) is 1. The quantitative estimate of drug-likeness (QED) is 0.518. The summed E-state index contributed by atoms with van der Waals surface area (Å²) in [5, 5.41) is 13.7. The van der Waals surface area contributed by atoms with Crippen molar-refractivity contribution in [2.24, 2.45) is 0 Å². The largest absolute Gasteiger partial charge is 0.311 e. The molecule has 0 unspecified atom stereocenters. The molecule has 164 valence electrons. The topological polar surface area (TPSA) is 58.4 Å². The second-order valence-electron chi connectivity index (χ2n) is 9.50. The van der Waals surface area contributed by atoms with Crippen LogP contribution in [-0.2, 0) is 0 Å². The van der Waals surface area contributed by atoms with Crippen LogP contribution < -0.4 is 5.32 Å². The Kier molecular flexibility index (Phi) is 4.56. The molecular weight excluding hydrogens is 396 g/mol. The third-order valence-electron chi connectivity index (χ3n) is 7.50. The van der Waals surface area contributed by atoms with Gasteiger partial charge in [-0.15, -0.1) is 10.2 Å². The van der Waals surface area contributed by atoms with E-state index in [9.17, 15) is 0 Å². The van der Waals surface area contributed by atoms with Crippen LogP contribution in [0.25, 0.3) is 28.1 Å². The van der Waals surface area contributed by atoms with Crippen LogP contribution in [-0.4, -0.2) is 49.7 Å². The molecule has 0 amide bonds. The number of pyridine rings is 2. The molecule has 3 aliphatic rings. The molecule has 7 rings (SSSR count). The summed E-state index contributed by atoms with van der Waals surface area (Å²) in [6.07, 6.45) is 6.08. The monoisotopic (exact) mass is 426 g/mol. The highest BCUT2D eigenvalue weighted by molar-refractivity contribution is 5.82. The highest BCUT2D eigenvalue weighted by atomic mass is 15.3. The molecule has 0 spiro atoms. The Hall–Kier alpha value is -2.83. The van der Waals surface area contributed by atoms with Gasteiger partial charge in [0.25, 0.3) is 0 Å². The van der Waals surface area contributed by atoms with Crippen LogP contribution in [0.5, 0.6) is 0 Å². The maximum Gasteiger partial charge on any atom is 0.187 e. The third kappa shape index (κ3) is 3.12. The van der Waals surface area contributed by atoms with Crippen molar-refractivity contribution >= 4 is 16.6 Å². The smallest absolute Gasteiger partial charge is 0.187 e. The summed E-state index contributed by atoms with van der Waals surface area (Å²) in [6.45, 7) is 4.56. The molecule has 3 atom stereocenters. The van der Waals surface area contributed by atoms with Crippen LogP contribution >= 0.6 is 0 Å². The lowest BCUT2D eigenvalue weighted by Crippen LogP contribution is -2.44. The minimum atomic E-state index is 0. The first-order chi connectivity index (χ1) is 15.2. The number of hydrogen-bond donors (Lipinski definition) is 1. The van der Waals surface area contributed by atoms with Crippen molar-refractivity contribution < 1.29 is 0 Å². The maximum atomic E-state index is 4.98. The van der Waals surface area contributed by atoms with E-state index in [4.69, 9.17) is 4.98 Å². The molecule has 4 aromatic rings. The van der Waals surface area contributed by atoms with Gasteiger partial charge in [-0.2, -0.15) is 0 Å². The second-order valence-corrected chi connectivity index (χ2v) is 9.50. The summed E-state index contributed by atoms with van der Waals surface area (Å²) in [6, 6.07) is 16.9. The Bertz CT molecular complexity index is 1310.